The van der Waals surface area contributed by atoms with Gasteiger partial charge in [0, 0.05) is 30.6 Å². The quantitative estimate of drug-likeness (QED) is 0.776. The molecular formula is C22H22N4O. The molecule has 0 atom stereocenters. The van der Waals surface area contributed by atoms with Gasteiger partial charge in [-0.3, -0.25) is 4.90 Å². The minimum absolute atomic E-state index is 0.392. The van der Waals surface area contributed by atoms with E-state index in [0.29, 0.717) is 16.9 Å². The highest BCUT2D eigenvalue weighted by atomic mass is 16.5. The van der Waals surface area contributed by atoms with E-state index in [4.69, 9.17) is 10.5 Å². The lowest BCUT2D eigenvalue weighted by Gasteiger charge is -2.26. The Morgan fingerprint density at radius 2 is 1.89 bits per heavy atom. The Balaban J connectivity index is 1.71. The number of nitriles is 1. The van der Waals surface area contributed by atoms with Crippen molar-refractivity contribution in [2.24, 2.45) is 0 Å². The summed E-state index contributed by atoms with van der Waals surface area (Å²) in [4.78, 5) is 6.91. The van der Waals surface area contributed by atoms with Crippen molar-refractivity contribution >= 4 is 16.7 Å². The number of hydrogen-bond donors (Lipinski definition) is 1. The Hall–Kier alpha value is -2.94. The van der Waals surface area contributed by atoms with Crippen molar-refractivity contribution in [2.45, 2.75) is 13.5 Å². The molecule has 4 rings (SSSR count). The van der Waals surface area contributed by atoms with E-state index in [1.807, 2.05) is 37.3 Å². The fourth-order valence-corrected chi connectivity index (χ4v) is 3.60. The zero-order valence-corrected chi connectivity index (χ0v) is 15.4. The zero-order valence-electron chi connectivity index (χ0n) is 15.4. The van der Waals surface area contributed by atoms with Crippen LogP contribution < -0.4 is 5.73 Å². The van der Waals surface area contributed by atoms with Gasteiger partial charge in [-0.2, -0.15) is 5.26 Å². The number of morpholine rings is 1. The first-order valence-corrected chi connectivity index (χ1v) is 9.15. The SMILES string of the molecule is Cc1ccc2nc(N)c(-c3ccc(CN4CCOCC4)cc3)c(C#N)c2c1. The standard InChI is InChI=1S/C22H22N4O/c1-15-2-7-20-18(12-15)19(13-23)21(22(24)25-20)17-5-3-16(4-6-17)14-26-8-10-27-11-9-26/h2-7,12H,8-11,14H2,1H3,(H2,24,25). The maximum absolute atomic E-state index is 9.81. The van der Waals surface area contributed by atoms with Crippen molar-refractivity contribution in [3.8, 4) is 17.2 Å². The number of benzene rings is 2. The number of anilines is 1. The smallest absolute Gasteiger partial charge is 0.133 e. The fraction of sp³-hybridized carbons (Fsp3) is 0.273. The fourth-order valence-electron chi connectivity index (χ4n) is 3.60. The number of nitrogens with two attached hydrogens (primary N) is 1. The summed E-state index contributed by atoms with van der Waals surface area (Å²) in [6, 6.07) is 16.5. The van der Waals surface area contributed by atoms with Gasteiger partial charge in [0.2, 0.25) is 0 Å². The lowest BCUT2D eigenvalue weighted by atomic mass is 9.96. The monoisotopic (exact) mass is 358 g/mol. The van der Waals surface area contributed by atoms with Gasteiger partial charge in [-0.05, 0) is 30.2 Å². The van der Waals surface area contributed by atoms with Crippen molar-refractivity contribution < 1.29 is 4.74 Å². The molecule has 1 aromatic heterocycles. The van der Waals surface area contributed by atoms with Gasteiger partial charge >= 0.3 is 0 Å². The van der Waals surface area contributed by atoms with Crippen LogP contribution in [0.15, 0.2) is 42.5 Å². The summed E-state index contributed by atoms with van der Waals surface area (Å²) < 4.78 is 5.40. The first-order valence-electron chi connectivity index (χ1n) is 9.15. The molecule has 0 spiro atoms. The number of aryl methyl sites for hydroxylation is 1. The number of fused-ring (bicyclic) bond motifs is 1. The molecule has 136 valence electrons. The molecule has 0 radical (unpaired) electrons. The van der Waals surface area contributed by atoms with Crippen LogP contribution in [0.1, 0.15) is 16.7 Å². The molecule has 3 aromatic rings. The molecule has 27 heavy (non-hydrogen) atoms. The lowest BCUT2D eigenvalue weighted by molar-refractivity contribution is 0.0342. The highest BCUT2D eigenvalue weighted by Gasteiger charge is 2.16. The van der Waals surface area contributed by atoms with E-state index in [1.165, 1.54) is 5.56 Å². The van der Waals surface area contributed by atoms with Gasteiger partial charge in [-0.1, -0.05) is 35.9 Å². The lowest BCUT2D eigenvalue weighted by Crippen LogP contribution is -2.35. The van der Waals surface area contributed by atoms with Crippen molar-refractivity contribution in [3.63, 3.8) is 0 Å². The van der Waals surface area contributed by atoms with E-state index in [-0.39, 0.29) is 0 Å². The summed E-state index contributed by atoms with van der Waals surface area (Å²) in [5.74, 6) is 0.392. The van der Waals surface area contributed by atoms with Crippen LogP contribution in [-0.4, -0.2) is 36.2 Å². The average Bonchev–Trinajstić information content (AvgIpc) is 2.69. The van der Waals surface area contributed by atoms with Gasteiger partial charge in [0.1, 0.15) is 11.9 Å². The molecule has 0 bridgehead atoms. The van der Waals surface area contributed by atoms with Crippen molar-refractivity contribution in [2.75, 3.05) is 32.0 Å². The van der Waals surface area contributed by atoms with Gasteiger partial charge in [0.25, 0.3) is 0 Å². The predicted molar refractivity (Wildman–Crippen MR) is 107 cm³/mol. The van der Waals surface area contributed by atoms with Gasteiger partial charge in [0.15, 0.2) is 0 Å². The Morgan fingerprint density at radius 3 is 2.59 bits per heavy atom. The Bertz CT molecular complexity index is 1020. The second-order valence-corrected chi connectivity index (χ2v) is 6.96. The van der Waals surface area contributed by atoms with E-state index >= 15 is 0 Å². The van der Waals surface area contributed by atoms with Crippen LogP contribution in [0.3, 0.4) is 0 Å². The van der Waals surface area contributed by atoms with Crippen LogP contribution in [0.4, 0.5) is 5.82 Å². The average molecular weight is 358 g/mol. The number of nitrogen functional groups attached to an aromatic ring is 1. The van der Waals surface area contributed by atoms with Crippen LogP contribution in [0, 0.1) is 18.3 Å². The molecule has 2 aromatic carbocycles. The molecule has 2 heterocycles. The number of ether oxygens (including phenoxy) is 1. The van der Waals surface area contributed by atoms with Crippen LogP contribution in [0.5, 0.6) is 0 Å². The molecule has 2 N–H and O–H groups in total. The number of hydrogen-bond acceptors (Lipinski definition) is 5. The van der Waals surface area contributed by atoms with E-state index in [0.717, 1.165) is 54.9 Å². The first-order chi connectivity index (χ1) is 13.2. The predicted octanol–water partition coefficient (Wildman–Crippen LogP) is 3.50. The molecule has 0 saturated carbocycles. The molecule has 1 saturated heterocycles. The third kappa shape index (κ3) is 3.50. The molecule has 0 amide bonds. The third-order valence-corrected chi connectivity index (χ3v) is 5.03. The molecular weight excluding hydrogens is 336 g/mol. The Kier molecular flexibility index (Phi) is 4.76. The number of aromatic nitrogens is 1. The van der Waals surface area contributed by atoms with Gasteiger partial charge in [-0.15, -0.1) is 0 Å². The maximum atomic E-state index is 9.81. The normalized spacial score (nSPS) is 15.0. The second kappa shape index (κ2) is 7.36. The third-order valence-electron chi connectivity index (χ3n) is 5.03. The number of pyridine rings is 1. The maximum Gasteiger partial charge on any atom is 0.133 e. The number of nitrogens with zero attached hydrogens (tertiary/aromatic N) is 3. The molecule has 5 heteroatoms. The van der Waals surface area contributed by atoms with Crippen LogP contribution >= 0.6 is 0 Å². The Labute approximate surface area is 159 Å². The minimum Gasteiger partial charge on any atom is -0.383 e. The van der Waals surface area contributed by atoms with Crippen LogP contribution in [0.2, 0.25) is 0 Å². The van der Waals surface area contributed by atoms with E-state index in [9.17, 15) is 5.26 Å². The summed E-state index contributed by atoms with van der Waals surface area (Å²) in [7, 11) is 0. The highest BCUT2D eigenvalue weighted by Crippen LogP contribution is 2.33. The molecule has 1 aliphatic heterocycles. The molecule has 1 aliphatic rings. The molecule has 5 nitrogen and oxygen atoms in total. The van der Waals surface area contributed by atoms with Crippen molar-refractivity contribution in [1.82, 2.24) is 9.88 Å². The molecule has 0 aliphatic carbocycles. The highest BCUT2D eigenvalue weighted by molar-refractivity contribution is 5.96. The largest absolute Gasteiger partial charge is 0.383 e. The minimum atomic E-state index is 0.392. The summed E-state index contributed by atoms with van der Waals surface area (Å²) >= 11 is 0. The first kappa shape index (κ1) is 17.5. The van der Waals surface area contributed by atoms with Gasteiger partial charge in [0.05, 0.1) is 24.3 Å². The zero-order chi connectivity index (χ0) is 18.8. The number of rotatable bonds is 3. The van der Waals surface area contributed by atoms with Crippen LogP contribution in [-0.2, 0) is 11.3 Å². The molecule has 0 unspecified atom stereocenters. The topological polar surface area (TPSA) is 75.2 Å². The summed E-state index contributed by atoms with van der Waals surface area (Å²) in [6.45, 7) is 6.42. The van der Waals surface area contributed by atoms with Gasteiger partial charge in [-0.25, -0.2) is 4.98 Å². The van der Waals surface area contributed by atoms with Crippen LogP contribution in [0.25, 0.3) is 22.0 Å². The van der Waals surface area contributed by atoms with Gasteiger partial charge < -0.3 is 10.5 Å². The molecule has 1 fully saturated rings. The van der Waals surface area contributed by atoms with Crippen molar-refractivity contribution in [1.29, 1.82) is 5.26 Å². The van der Waals surface area contributed by atoms with E-state index < -0.39 is 0 Å². The summed E-state index contributed by atoms with van der Waals surface area (Å²) in [5, 5.41) is 10.7. The Morgan fingerprint density at radius 1 is 1.15 bits per heavy atom. The summed E-state index contributed by atoms with van der Waals surface area (Å²) in [6.07, 6.45) is 0. The van der Waals surface area contributed by atoms with E-state index in [1.54, 1.807) is 0 Å². The second-order valence-electron chi connectivity index (χ2n) is 6.96. The van der Waals surface area contributed by atoms with E-state index in [2.05, 4.69) is 28.1 Å². The summed E-state index contributed by atoms with van der Waals surface area (Å²) in [5.41, 5.74) is 11.5. The van der Waals surface area contributed by atoms with Crippen molar-refractivity contribution in [3.05, 3.63) is 59.2 Å².